The molecule has 7 heteroatoms. The number of para-hydroxylation sites is 1. The number of urea groups is 1. The molecule has 0 spiro atoms. The molecule has 1 aliphatic rings. The number of nitrogens with one attached hydrogen (secondary N) is 2. The number of ether oxygens (including phenoxy) is 2. The molecule has 24 heavy (non-hydrogen) atoms. The summed E-state index contributed by atoms with van der Waals surface area (Å²) in [5.41, 5.74) is 0.923. The van der Waals surface area contributed by atoms with Crippen LogP contribution in [-0.2, 0) is 11.3 Å². The highest BCUT2D eigenvalue weighted by molar-refractivity contribution is 5.74. The smallest absolute Gasteiger partial charge is 0.409 e. The van der Waals surface area contributed by atoms with Crippen molar-refractivity contribution in [3.05, 3.63) is 29.8 Å². The van der Waals surface area contributed by atoms with Gasteiger partial charge in [0.05, 0.1) is 13.7 Å². The summed E-state index contributed by atoms with van der Waals surface area (Å²) in [5, 5.41) is 5.79. The molecule has 0 unspecified atom stereocenters. The van der Waals surface area contributed by atoms with Crippen molar-refractivity contribution in [2.75, 3.05) is 26.8 Å². The van der Waals surface area contributed by atoms with Crippen LogP contribution in [0.1, 0.15) is 25.3 Å². The van der Waals surface area contributed by atoms with E-state index in [-0.39, 0.29) is 18.2 Å². The van der Waals surface area contributed by atoms with E-state index < -0.39 is 0 Å². The molecule has 1 aromatic carbocycles. The molecule has 1 fully saturated rings. The summed E-state index contributed by atoms with van der Waals surface area (Å²) >= 11 is 0. The first-order valence-electron chi connectivity index (χ1n) is 8.22. The van der Waals surface area contributed by atoms with Gasteiger partial charge in [0.25, 0.3) is 0 Å². The van der Waals surface area contributed by atoms with Crippen LogP contribution in [0.25, 0.3) is 0 Å². The molecule has 0 aliphatic carbocycles. The van der Waals surface area contributed by atoms with E-state index in [0.29, 0.717) is 26.2 Å². The minimum atomic E-state index is -0.281. The topological polar surface area (TPSA) is 79.9 Å². The van der Waals surface area contributed by atoms with Crippen molar-refractivity contribution in [1.29, 1.82) is 0 Å². The lowest BCUT2D eigenvalue weighted by molar-refractivity contribution is 0.0957. The van der Waals surface area contributed by atoms with Gasteiger partial charge in [0, 0.05) is 31.2 Å². The zero-order valence-corrected chi connectivity index (χ0v) is 14.2. The first-order chi connectivity index (χ1) is 11.6. The third-order valence-corrected chi connectivity index (χ3v) is 3.99. The highest BCUT2D eigenvalue weighted by Crippen LogP contribution is 2.16. The number of nitrogens with zero attached hydrogens (tertiary/aromatic N) is 1. The molecule has 2 N–H and O–H groups in total. The fourth-order valence-corrected chi connectivity index (χ4v) is 2.68. The molecule has 3 amide bonds. The Kier molecular flexibility index (Phi) is 6.72. The highest BCUT2D eigenvalue weighted by atomic mass is 16.6. The van der Waals surface area contributed by atoms with E-state index in [2.05, 4.69) is 10.6 Å². The Morgan fingerprint density at radius 2 is 1.96 bits per heavy atom. The largest absolute Gasteiger partial charge is 0.496 e. The van der Waals surface area contributed by atoms with E-state index in [1.165, 1.54) is 0 Å². The zero-order chi connectivity index (χ0) is 17.4. The lowest BCUT2D eigenvalue weighted by Crippen LogP contribution is -2.49. The van der Waals surface area contributed by atoms with Gasteiger partial charge in [-0.1, -0.05) is 18.2 Å². The van der Waals surface area contributed by atoms with Crippen molar-refractivity contribution in [2.24, 2.45) is 0 Å². The van der Waals surface area contributed by atoms with E-state index in [9.17, 15) is 9.59 Å². The molecule has 0 aromatic heterocycles. The molecule has 0 bridgehead atoms. The van der Waals surface area contributed by atoms with Crippen LogP contribution in [0.15, 0.2) is 24.3 Å². The fraction of sp³-hybridized carbons (Fsp3) is 0.529. The van der Waals surface area contributed by atoms with Gasteiger partial charge in [0.2, 0.25) is 0 Å². The molecule has 1 aromatic rings. The maximum atomic E-state index is 12.0. The number of methoxy groups -OCH3 is 1. The second-order valence-electron chi connectivity index (χ2n) is 5.60. The zero-order valence-electron chi connectivity index (χ0n) is 14.2. The Morgan fingerprint density at radius 3 is 2.62 bits per heavy atom. The van der Waals surface area contributed by atoms with E-state index >= 15 is 0 Å². The number of hydrogen-bond donors (Lipinski definition) is 2. The van der Waals surface area contributed by atoms with E-state index in [0.717, 1.165) is 24.2 Å². The van der Waals surface area contributed by atoms with Gasteiger partial charge in [0.1, 0.15) is 5.75 Å². The van der Waals surface area contributed by atoms with E-state index in [1.807, 2.05) is 24.3 Å². The minimum Gasteiger partial charge on any atom is -0.496 e. The van der Waals surface area contributed by atoms with Gasteiger partial charge < -0.3 is 25.0 Å². The van der Waals surface area contributed by atoms with E-state index in [4.69, 9.17) is 9.47 Å². The molecule has 1 aliphatic heterocycles. The summed E-state index contributed by atoms with van der Waals surface area (Å²) < 4.78 is 10.2. The number of hydrogen-bond acceptors (Lipinski definition) is 4. The predicted molar refractivity (Wildman–Crippen MR) is 90.0 cm³/mol. The highest BCUT2D eigenvalue weighted by Gasteiger charge is 2.24. The number of carbonyl (C=O) groups is 2. The van der Waals surface area contributed by atoms with Crippen molar-refractivity contribution in [3.8, 4) is 5.75 Å². The monoisotopic (exact) mass is 335 g/mol. The quantitative estimate of drug-likeness (QED) is 0.864. The second-order valence-corrected chi connectivity index (χ2v) is 5.60. The van der Waals surface area contributed by atoms with Crippen LogP contribution in [0.4, 0.5) is 9.59 Å². The van der Waals surface area contributed by atoms with Crippen LogP contribution < -0.4 is 15.4 Å². The SMILES string of the molecule is CCOC(=O)N1CCC(NC(=O)NCc2ccccc2OC)CC1. The van der Waals surface area contributed by atoms with Gasteiger partial charge >= 0.3 is 12.1 Å². The van der Waals surface area contributed by atoms with Crippen molar-refractivity contribution in [1.82, 2.24) is 15.5 Å². The van der Waals surface area contributed by atoms with Crippen molar-refractivity contribution in [3.63, 3.8) is 0 Å². The number of amides is 3. The van der Waals surface area contributed by atoms with Gasteiger partial charge in [-0.25, -0.2) is 9.59 Å². The van der Waals surface area contributed by atoms with Crippen molar-refractivity contribution >= 4 is 12.1 Å². The average Bonchev–Trinajstić information content (AvgIpc) is 2.61. The second kappa shape index (κ2) is 9.00. The van der Waals surface area contributed by atoms with Crippen LogP contribution in [-0.4, -0.2) is 49.9 Å². The van der Waals surface area contributed by atoms with Crippen LogP contribution in [0, 0.1) is 0 Å². The summed E-state index contributed by atoms with van der Waals surface area (Å²) in [6, 6.07) is 7.42. The number of likely N-dealkylation sites (tertiary alicyclic amines) is 1. The van der Waals surface area contributed by atoms with Gasteiger partial charge in [-0.15, -0.1) is 0 Å². The lowest BCUT2D eigenvalue weighted by Gasteiger charge is -2.31. The minimum absolute atomic E-state index is 0.0633. The summed E-state index contributed by atoms with van der Waals surface area (Å²) in [7, 11) is 1.61. The molecule has 0 atom stereocenters. The Hall–Kier alpha value is -2.44. The first-order valence-corrected chi connectivity index (χ1v) is 8.22. The molecular weight excluding hydrogens is 310 g/mol. The normalized spacial score (nSPS) is 14.8. The Bertz CT molecular complexity index is 557. The molecule has 0 saturated carbocycles. The van der Waals surface area contributed by atoms with Gasteiger partial charge in [-0.05, 0) is 25.8 Å². The number of carbonyl (C=O) groups excluding carboxylic acids is 2. The molecule has 7 nitrogen and oxygen atoms in total. The molecule has 1 heterocycles. The molecular formula is C17H25N3O4. The summed E-state index contributed by atoms with van der Waals surface area (Å²) in [4.78, 5) is 25.3. The maximum absolute atomic E-state index is 12.0. The van der Waals surface area contributed by atoms with Gasteiger partial charge in [0.15, 0.2) is 0 Å². The Labute approximate surface area is 142 Å². The van der Waals surface area contributed by atoms with Crippen LogP contribution in [0.2, 0.25) is 0 Å². The Balaban J connectivity index is 1.73. The number of benzene rings is 1. The van der Waals surface area contributed by atoms with Crippen LogP contribution >= 0.6 is 0 Å². The molecule has 1 saturated heterocycles. The standard InChI is InChI=1S/C17H25N3O4/c1-3-24-17(22)20-10-8-14(9-11-20)19-16(21)18-12-13-6-4-5-7-15(13)23-2/h4-7,14H,3,8-12H2,1-2H3,(H2,18,19,21). The van der Waals surface area contributed by atoms with Gasteiger partial charge in [-0.3, -0.25) is 0 Å². The average molecular weight is 335 g/mol. The number of rotatable bonds is 5. The summed E-state index contributed by atoms with van der Waals surface area (Å²) in [6.07, 6.45) is 1.17. The van der Waals surface area contributed by atoms with Crippen LogP contribution in [0.5, 0.6) is 5.75 Å². The number of piperidine rings is 1. The predicted octanol–water partition coefficient (Wildman–Crippen LogP) is 2.12. The van der Waals surface area contributed by atoms with E-state index in [1.54, 1.807) is 18.9 Å². The summed E-state index contributed by atoms with van der Waals surface area (Å²) in [5.74, 6) is 0.751. The molecule has 0 radical (unpaired) electrons. The fourth-order valence-electron chi connectivity index (χ4n) is 2.68. The molecule has 132 valence electrons. The molecule has 2 rings (SSSR count). The summed E-state index contributed by atoms with van der Waals surface area (Å²) in [6.45, 7) is 3.75. The third kappa shape index (κ3) is 5.04. The third-order valence-electron chi connectivity index (χ3n) is 3.99. The Morgan fingerprint density at radius 1 is 1.25 bits per heavy atom. The maximum Gasteiger partial charge on any atom is 0.409 e. The van der Waals surface area contributed by atoms with Crippen molar-refractivity contribution in [2.45, 2.75) is 32.4 Å². The first kappa shape index (κ1) is 17.9. The van der Waals surface area contributed by atoms with Crippen LogP contribution in [0.3, 0.4) is 0 Å². The van der Waals surface area contributed by atoms with Crippen molar-refractivity contribution < 1.29 is 19.1 Å². The van der Waals surface area contributed by atoms with Gasteiger partial charge in [-0.2, -0.15) is 0 Å². The lowest BCUT2D eigenvalue weighted by atomic mass is 10.1.